The molecule has 10 aromatic rings. The maximum atomic E-state index is 13.6. The summed E-state index contributed by atoms with van der Waals surface area (Å²) in [6, 6.07) is 42.4. The van der Waals surface area contributed by atoms with Crippen LogP contribution in [-0.2, 0) is 20.1 Å². The van der Waals surface area contributed by atoms with Gasteiger partial charge in [0.15, 0.2) is 0 Å². The van der Waals surface area contributed by atoms with E-state index in [0.29, 0.717) is 183 Å². The van der Waals surface area contributed by atoms with Gasteiger partial charge in [-0.15, -0.1) is 0 Å². The van der Waals surface area contributed by atoms with Gasteiger partial charge in [0.2, 0.25) is 0 Å². The monoisotopic (exact) mass is 1540 g/mol. The van der Waals surface area contributed by atoms with Gasteiger partial charge in [-0.05, 0) is 150 Å². The highest BCUT2D eigenvalue weighted by atomic mass is 35.5. The highest BCUT2D eigenvalue weighted by molar-refractivity contribution is 6.42. The fourth-order valence-electron chi connectivity index (χ4n) is 13.7. The number of hydrogen-bond acceptors (Lipinski definition) is 16. The second kappa shape index (κ2) is 32.9. The minimum Gasteiger partial charge on any atom is -0.362 e. The Hall–Kier alpha value is -10.4. The summed E-state index contributed by atoms with van der Waals surface area (Å²) in [5, 5.41) is 40.2. The van der Waals surface area contributed by atoms with Crippen molar-refractivity contribution in [3.05, 3.63) is 271 Å². The van der Waals surface area contributed by atoms with Crippen LogP contribution in [0.25, 0.3) is 32.7 Å². The topological polar surface area (TPSA) is 269 Å². The molecule has 25 nitrogen and oxygen atoms in total. The van der Waals surface area contributed by atoms with Gasteiger partial charge in [0.25, 0.3) is 17.7 Å². The fraction of sp³-hybridized carbons (Fsp3) is 0.289. The first-order chi connectivity index (χ1) is 50.6. The summed E-state index contributed by atoms with van der Waals surface area (Å²) in [5.74, 6) is -0.503. The van der Waals surface area contributed by atoms with Gasteiger partial charge in [-0.1, -0.05) is 123 Å². The highest BCUT2D eigenvalue weighted by Gasteiger charge is 2.37. The van der Waals surface area contributed by atoms with Crippen molar-refractivity contribution in [1.82, 2.24) is 33.3 Å². The number of hydrogen-bond donors (Lipinski definition) is 0. The zero-order valence-electron chi connectivity index (χ0n) is 58.8. The van der Waals surface area contributed by atoms with Crippen LogP contribution in [0.3, 0.4) is 0 Å². The molecule has 550 valence electrons. The molecule has 13 rings (SSSR count). The first-order valence-corrected chi connectivity index (χ1v) is 35.9. The number of nitrogens with zero attached hydrogens (tertiary/aromatic N) is 13. The molecule has 3 aromatic heterocycles. The van der Waals surface area contributed by atoms with E-state index in [1.807, 2.05) is 133 Å². The van der Waals surface area contributed by atoms with Crippen LogP contribution < -0.4 is 31.4 Å². The molecule has 3 saturated heterocycles. The quantitative estimate of drug-likeness (QED) is 0.0681. The van der Waals surface area contributed by atoms with E-state index >= 15 is 0 Å². The molecule has 7 aromatic carbocycles. The van der Waals surface area contributed by atoms with Crippen molar-refractivity contribution in [2.75, 3.05) is 114 Å². The van der Waals surface area contributed by atoms with Crippen LogP contribution in [0.4, 0.5) is 34.1 Å². The molecule has 0 unspecified atom stereocenters. The number of pyridine rings is 3. The standard InChI is InChI=1S/C28H24Cl2N4O4.C26H30ClN5O4.C22H20Cl2N4O4/c1-18-7-10-24-21(15-18)25(26(34(37)38)28(36)33(24)17-19-5-3-2-4-6-19)31-11-13-32(14-12-31)27(35)20-8-9-22(29)23(30)16-20;1-18-5-10-22-21(17-18)23(24(32(35)36)26(34)31(22)12-4-11-28(2)3)29-13-15-30(16-14-29)25(33)19-6-8-20(27)9-7-19;1-13-3-6-18-15(11-13)19(20(28(31)32)22(30)25(18)2)26-7-9-27(10-8-26)21(29)14-4-5-16(23)17(24)12-14/h2-10,15-16H,11-14,17H2,1H3;5-10,17H,4,11-16H2,1-3H3;3-6,11-12H,7-10H2,1-2H3. The molecule has 0 atom stereocenters. The van der Waals surface area contributed by atoms with Gasteiger partial charge in [0.1, 0.15) is 17.1 Å². The van der Waals surface area contributed by atoms with E-state index in [0.717, 1.165) is 28.8 Å². The zero-order valence-corrected chi connectivity index (χ0v) is 62.6. The molecular formula is C76H74Cl5N13O12. The summed E-state index contributed by atoms with van der Waals surface area (Å²) < 4.78 is 4.30. The highest BCUT2D eigenvalue weighted by Crippen LogP contribution is 2.39. The number of benzene rings is 7. The third kappa shape index (κ3) is 16.5. The minimum absolute atomic E-state index is 0.113. The molecule has 3 aliphatic heterocycles. The first-order valence-electron chi connectivity index (χ1n) is 34.0. The normalized spacial score (nSPS) is 13.9. The van der Waals surface area contributed by atoms with Crippen molar-refractivity contribution in [1.29, 1.82) is 0 Å². The third-order valence-electron chi connectivity index (χ3n) is 19.0. The number of rotatable bonds is 15. The molecule has 0 aliphatic carbocycles. The van der Waals surface area contributed by atoms with Gasteiger partial charge >= 0.3 is 33.7 Å². The van der Waals surface area contributed by atoms with Crippen LogP contribution in [0.1, 0.15) is 59.7 Å². The smallest absolute Gasteiger partial charge is 0.357 e. The number of fused-ring (bicyclic) bond motifs is 3. The molecule has 106 heavy (non-hydrogen) atoms. The van der Waals surface area contributed by atoms with Crippen LogP contribution in [0, 0.1) is 51.1 Å². The Balaban J connectivity index is 0.000000159. The lowest BCUT2D eigenvalue weighted by atomic mass is 10.1. The van der Waals surface area contributed by atoms with E-state index < -0.39 is 48.5 Å². The largest absolute Gasteiger partial charge is 0.362 e. The molecule has 0 radical (unpaired) electrons. The summed E-state index contributed by atoms with van der Waals surface area (Å²) in [6.07, 6.45) is 0.692. The van der Waals surface area contributed by atoms with Crippen molar-refractivity contribution in [2.45, 2.75) is 40.3 Å². The number of carbonyl (C=O) groups excluding carboxylic acids is 3. The van der Waals surface area contributed by atoms with Crippen molar-refractivity contribution in [3.8, 4) is 0 Å². The Labute approximate surface area is 633 Å². The maximum absolute atomic E-state index is 13.6. The van der Waals surface area contributed by atoms with E-state index in [-0.39, 0.29) is 24.3 Å². The molecule has 0 N–H and O–H groups in total. The Kier molecular flexibility index (Phi) is 23.8. The van der Waals surface area contributed by atoms with E-state index in [2.05, 4.69) is 0 Å². The number of carbonyl (C=O) groups is 3. The number of halogens is 5. The minimum atomic E-state index is -0.657. The summed E-state index contributed by atoms with van der Waals surface area (Å²) in [6.45, 7) is 11.4. The first kappa shape index (κ1) is 76.7. The molecule has 3 amide bonds. The predicted molar refractivity (Wildman–Crippen MR) is 417 cm³/mol. The predicted octanol–water partition coefficient (Wildman–Crippen LogP) is 13.3. The summed E-state index contributed by atoms with van der Waals surface area (Å²) in [5.41, 5.74) is 4.71. The van der Waals surface area contributed by atoms with Gasteiger partial charge < -0.3 is 43.4 Å². The van der Waals surface area contributed by atoms with E-state index in [1.165, 1.54) is 32.9 Å². The van der Waals surface area contributed by atoms with Gasteiger partial charge in [-0.3, -0.25) is 63.7 Å². The number of aromatic nitrogens is 3. The summed E-state index contributed by atoms with van der Waals surface area (Å²) in [4.78, 5) is 126. The molecule has 3 fully saturated rings. The lowest BCUT2D eigenvalue weighted by molar-refractivity contribution is -0.385. The molecule has 3 aliphatic rings. The molecule has 0 spiro atoms. The third-order valence-corrected chi connectivity index (χ3v) is 20.8. The molecule has 30 heteroatoms. The van der Waals surface area contributed by atoms with Gasteiger partial charge in [-0.2, -0.15) is 0 Å². The Morgan fingerprint density at radius 3 is 1.18 bits per heavy atom. The van der Waals surface area contributed by atoms with E-state index in [1.54, 1.807) is 69.3 Å². The molecule has 0 saturated carbocycles. The van der Waals surface area contributed by atoms with Crippen LogP contribution in [-0.4, -0.2) is 165 Å². The van der Waals surface area contributed by atoms with Gasteiger partial charge in [-0.25, -0.2) is 0 Å². The number of piperazine rings is 3. The van der Waals surface area contributed by atoms with Gasteiger partial charge in [0, 0.05) is 130 Å². The Morgan fingerprint density at radius 1 is 0.425 bits per heavy atom. The molecular weight excluding hydrogens is 1460 g/mol. The van der Waals surface area contributed by atoms with E-state index in [4.69, 9.17) is 58.0 Å². The van der Waals surface area contributed by atoms with Crippen molar-refractivity contribution in [2.24, 2.45) is 7.05 Å². The maximum Gasteiger partial charge on any atom is 0.357 e. The van der Waals surface area contributed by atoms with Crippen LogP contribution in [0.5, 0.6) is 0 Å². The average Bonchev–Trinajstić information content (AvgIpc) is 0.759. The summed E-state index contributed by atoms with van der Waals surface area (Å²) >= 11 is 30.0. The number of aryl methyl sites for hydroxylation is 5. The SMILES string of the molecule is Cc1ccc2c(c1)c(N1CCN(C(=O)c3ccc(Cl)c(Cl)c3)CC1)c([N+](=O)[O-])c(=O)n2C.Cc1ccc2c(c1)c(N1CCN(C(=O)c3ccc(Cl)c(Cl)c3)CC1)c([N+](=O)[O-])c(=O)n2Cc1ccccc1.Cc1ccc2c(c1)c(N1CCN(C(=O)c3ccc(Cl)cc3)CC1)c([N+](=O)[O-])c(=O)n2CCCN(C)C. The van der Waals surface area contributed by atoms with Crippen LogP contribution in [0.2, 0.25) is 25.1 Å². The number of anilines is 3. The molecule has 6 heterocycles. The van der Waals surface area contributed by atoms with Crippen molar-refractivity contribution >= 4 is 143 Å². The summed E-state index contributed by atoms with van der Waals surface area (Å²) in [7, 11) is 5.44. The second-order valence-electron chi connectivity index (χ2n) is 26.4. The fourth-order valence-corrected chi connectivity index (χ4v) is 14.4. The number of nitro groups is 3. The van der Waals surface area contributed by atoms with Crippen LogP contribution in [0.15, 0.2) is 160 Å². The van der Waals surface area contributed by atoms with E-state index in [9.17, 15) is 59.1 Å². The average molecular weight is 1540 g/mol. The van der Waals surface area contributed by atoms with Crippen molar-refractivity contribution < 1.29 is 29.2 Å². The van der Waals surface area contributed by atoms with Crippen LogP contribution >= 0.6 is 58.0 Å². The zero-order chi connectivity index (χ0) is 76.1. The lowest BCUT2D eigenvalue weighted by Crippen LogP contribution is -2.49. The lowest BCUT2D eigenvalue weighted by Gasteiger charge is -2.36. The molecule has 0 bridgehead atoms. The second-order valence-corrected chi connectivity index (χ2v) is 28.4. The van der Waals surface area contributed by atoms with Gasteiger partial charge in [0.05, 0.1) is 58.0 Å². The Morgan fingerprint density at radius 2 is 0.783 bits per heavy atom. The van der Waals surface area contributed by atoms with Crippen molar-refractivity contribution in [3.63, 3.8) is 0 Å². The Bertz CT molecular complexity index is 5310. The number of amides is 3.